The van der Waals surface area contributed by atoms with Crippen molar-refractivity contribution >= 4 is 17.2 Å². The number of thiophene rings is 1. The highest BCUT2D eigenvalue weighted by atomic mass is 32.1. The SMILES string of the molecule is O=C(NC[C@@H]1COc2ccccc2O1)c1c(-n2cnnn2)sc2c1CCC2. The van der Waals surface area contributed by atoms with Gasteiger partial charge in [0.25, 0.3) is 5.91 Å². The van der Waals surface area contributed by atoms with E-state index in [1.807, 2.05) is 24.3 Å². The number of carbonyl (C=O) groups excluding carboxylic acids is 1. The number of benzene rings is 1. The number of fused-ring (bicyclic) bond motifs is 2. The summed E-state index contributed by atoms with van der Waals surface area (Å²) in [6, 6.07) is 7.54. The van der Waals surface area contributed by atoms with Gasteiger partial charge in [-0.2, -0.15) is 4.68 Å². The number of nitrogens with zero attached hydrogens (tertiary/aromatic N) is 4. The first-order valence-electron chi connectivity index (χ1n) is 8.84. The third-order valence-electron chi connectivity index (χ3n) is 4.74. The molecular weight excluding hydrogens is 366 g/mol. The molecule has 0 spiro atoms. The Balaban J connectivity index is 1.34. The molecule has 0 radical (unpaired) electrons. The maximum Gasteiger partial charge on any atom is 0.254 e. The van der Waals surface area contributed by atoms with Gasteiger partial charge in [0.1, 0.15) is 24.0 Å². The van der Waals surface area contributed by atoms with Crippen molar-refractivity contribution in [1.29, 1.82) is 0 Å². The maximum absolute atomic E-state index is 13.0. The molecule has 0 bridgehead atoms. The summed E-state index contributed by atoms with van der Waals surface area (Å²) in [7, 11) is 0. The first-order valence-corrected chi connectivity index (χ1v) is 9.66. The van der Waals surface area contributed by atoms with Gasteiger partial charge in [-0.1, -0.05) is 12.1 Å². The standard InChI is InChI=1S/C18H17N5O3S/c24-17(19-8-11-9-25-13-5-1-2-6-14(13)26-11)16-12-4-3-7-15(12)27-18(16)23-10-20-21-22-23/h1-2,5-6,10-11H,3-4,7-9H2,(H,19,24)/t11-/m1/s1. The quantitative estimate of drug-likeness (QED) is 0.739. The van der Waals surface area contributed by atoms with Crippen LogP contribution in [0.4, 0.5) is 0 Å². The molecule has 9 heteroatoms. The highest BCUT2D eigenvalue weighted by Gasteiger charge is 2.29. The van der Waals surface area contributed by atoms with Crippen molar-refractivity contribution in [3.63, 3.8) is 0 Å². The molecule has 2 aromatic heterocycles. The van der Waals surface area contributed by atoms with Gasteiger partial charge in [-0.05, 0) is 47.4 Å². The monoisotopic (exact) mass is 383 g/mol. The lowest BCUT2D eigenvalue weighted by Crippen LogP contribution is -2.41. The molecule has 1 amide bonds. The molecule has 0 fully saturated rings. The van der Waals surface area contributed by atoms with Crippen molar-refractivity contribution in [3.8, 4) is 16.5 Å². The number of aryl methyl sites for hydroxylation is 1. The number of para-hydroxylation sites is 2. The summed E-state index contributed by atoms with van der Waals surface area (Å²) in [6.45, 7) is 0.770. The minimum absolute atomic E-state index is 0.123. The fraction of sp³-hybridized carbons (Fsp3) is 0.333. The number of hydrogen-bond acceptors (Lipinski definition) is 7. The van der Waals surface area contributed by atoms with Gasteiger partial charge in [-0.3, -0.25) is 4.79 Å². The van der Waals surface area contributed by atoms with Crippen molar-refractivity contribution in [1.82, 2.24) is 25.5 Å². The zero-order valence-electron chi connectivity index (χ0n) is 14.4. The topological polar surface area (TPSA) is 91.2 Å². The average Bonchev–Trinajstić information content (AvgIpc) is 3.42. The molecule has 1 aliphatic carbocycles. The number of aromatic nitrogens is 4. The van der Waals surface area contributed by atoms with Gasteiger partial charge >= 0.3 is 0 Å². The largest absolute Gasteiger partial charge is 0.486 e. The second-order valence-electron chi connectivity index (χ2n) is 6.50. The van der Waals surface area contributed by atoms with Crippen molar-refractivity contribution in [3.05, 3.63) is 46.6 Å². The fourth-order valence-corrected chi connectivity index (χ4v) is 4.80. The van der Waals surface area contributed by atoms with Gasteiger partial charge in [-0.25, -0.2) is 0 Å². The van der Waals surface area contributed by atoms with E-state index in [4.69, 9.17) is 9.47 Å². The molecule has 1 aromatic carbocycles. The Morgan fingerprint density at radius 3 is 3.04 bits per heavy atom. The van der Waals surface area contributed by atoms with E-state index in [1.54, 1.807) is 16.0 Å². The number of hydrogen-bond donors (Lipinski definition) is 1. The Kier molecular flexibility index (Phi) is 4.01. The molecule has 8 nitrogen and oxygen atoms in total. The van der Waals surface area contributed by atoms with Crippen LogP contribution in [-0.2, 0) is 12.8 Å². The third kappa shape index (κ3) is 2.93. The minimum Gasteiger partial charge on any atom is -0.486 e. The lowest BCUT2D eigenvalue weighted by Gasteiger charge is -2.26. The van der Waals surface area contributed by atoms with Gasteiger partial charge in [0, 0.05) is 4.88 Å². The lowest BCUT2D eigenvalue weighted by atomic mass is 10.1. The summed E-state index contributed by atoms with van der Waals surface area (Å²) in [5.41, 5.74) is 1.80. The number of amides is 1. The second kappa shape index (κ2) is 6.66. The molecule has 0 unspecified atom stereocenters. The minimum atomic E-state index is -0.230. The van der Waals surface area contributed by atoms with Crippen LogP contribution in [0.15, 0.2) is 30.6 Å². The fourth-order valence-electron chi connectivity index (χ4n) is 3.50. The van der Waals surface area contributed by atoms with E-state index in [9.17, 15) is 4.79 Å². The number of tetrazole rings is 1. The molecule has 27 heavy (non-hydrogen) atoms. The average molecular weight is 383 g/mol. The summed E-state index contributed by atoms with van der Waals surface area (Å²) in [4.78, 5) is 14.2. The van der Waals surface area contributed by atoms with Crippen LogP contribution < -0.4 is 14.8 Å². The molecule has 1 aliphatic heterocycles. The van der Waals surface area contributed by atoms with Crippen LogP contribution >= 0.6 is 11.3 Å². The van der Waals surface area contributed by atoms with E-state index < -0.39 is 0 Å². The van der Waals surface area contributed by atoms with Crippen LogP contribution in [0.2, 0.25) is 0 Å². The van der Waals surface area contributed by atoms with Gasteiger partial charge < -0.3 is 14.8 Å². The van der Waals surface area contributed by atoms with E-state index in [2.05, 4.69) is 20.8 Å². The highest BCUT2D eigenvalue weighted by Crippen LogP contribution is 2.37. The molecule has 1 atom stereocenters. The van der Waals surface area contributed by atoms with Gasteiger partial charge in [0.2, 0.25) is 0 Å². The number of carbonyl (C=O) groups is 1. The Labute approximate surface area is 159 Å². The molecule has 0 saturated heterocycles. The number of ether oxygens (including phenoxy) is 2. The zero-order chi connectivity index (χ0) is 18.2. The summed E-state index contributed by atoms with van der Waals surface area (Å²) >= 11 is 1.59. The highest BCUT2D eigenvalue weighted by molar-refractivity contribution is 7.15. The molecule has 5 rings (SSSR count). The van der Waals surface area contributed by atoms with E-state index >= 15 is 0 Å². The first-order chi connectivity index (χ1) is 13.3. The maximum atomic E-state index is 13.0. The predicted molar refractivity (Wildman–Crippen MR) is 97.7 cm³/mol. The summed E-state index contributed by atoms with van der Waals surface area (Å²) < 4.78 is 13.2. The molecule has 0 saturated carbocycles. The van der Waals surface area contributed by atoms with Crippen LogP contribution in [0.5, 0.6) is 11.5 Å². The van der Waals surface area contributed by atoms with Crippen LogP contribution in [0, 0.1) is 0 Å². The Morgan fingerprint density at radius 1 is 1.30 bits per heavy atom. The molecule has 3 aromatic rings. The van der Waals surface area contributed by atoms with E-state index in [1.165, 1.54) is 11.2 Å². The van der Waals surface area contributed by atoms with Crippen molar-refractivity contribution in [2.45, 2.75) is 25.4 Å². The smallest absolute Gasteiger partial charge is 0.254 e. The van der Waals surface area contributed by atoms with Gasteiger partial charge in [0.15, 0.2) is 11.5 Å². The normalized spacial score (nSPS) is 17.6. The van der Waals surface area contributed by atoms with Crippen LogP contribution in [0.3, 0.4) is 0 Å². The van der Waals surface area contributed by atoms with Crippen LogP contribution in [-0.4, -0.2) is 45.4 Å². The van der Waals surface area contributed by atoms with Crippen LogP contribution in [0.1, 0.15) is 27.2 Å². The lowest BCUT2D eigenvalue weighted by molar-refractivity contribution is 0.0789. The molecule has 138 valence electrons. The van der Waals surface area contributed by atoms with Crippen molar-refractivity contribution in [2.24, 2.45) is 0 Å². The number of rotatable bonds is 4. The van der Waals surface area contributed by atoms with E-state index in [0.29, 0.717) is 24.5 Å². The number of nitrogens with one attached hydrogen (secondary N) is 1. The Hall–Kier alpha value is -2.94. The third-order valence-corrected chi connectivity index (χ3v) is 6.03. The Bertz CT molecular complexity index is 985. The zero-order valence-corrected chi connectivity index (χ0v) is 15.2. The van der Waals surface area contributed by atoms with Gasteiger partial charge in [-0.15, -0.1) is 16.4 Å². The Morgan fingerprint density at radius 2 is 2.19 bits per heavy atom. The first kappa shape index (κ1) is 16.2. The summed E-state index contributed by atoms with van der Waals surface area (Å²) in [5, 5.41) is 15.1. The predicted octanol–water partition coefficient (Wildman–Crippen LogP) is 1.78. The molecular formula is C18H17N5O3S. The molecule has 2 aliphatic rings. The van der Waals surface area contributed by atoms with Crippen molar-refractivity contribution < 1.29 is 14.3 Å². The van der Waals surface area contributed by atoms with Crippen LogP contribution in [0.25, 0.3) is 5.00 Å². The van der Waals surface area contributed by atoms with Gasteiger partial charge in [0.05, 0.1) is 12.1 Å². The summed E-state index contributed by atoms with van der Waals surface area (Å²) in [5.74, 6) is 1.31. The second-order valence-corrected chi connectivity index (χ2v) is 7.58. The molecule has 1 N–H and O–H groups in total. The molecule has 3 heterocycles. The van der Waals surface area contributed by atoms with E-state index in [-0.39, 0.29) is 12.0 Å². The summed E-state index contributed by atoms with van der Waals surface area (Å²) in [6.07, 6.45) is 4.28. The van der Waals surface area contributed by atoms with E-state index in [0.717, 1.165) is 35.6 Å². The van der Waals surface area contributed by atoms with Crippen molar-refractivity contribution in [2.75, 3.05) is 13.2 Å².